The maximum absolute atomic E-state index is 15.3. The highest BCUT2D eigenvalue weighted by molar-refractivity contribution is 7.13. The van der Waals surface area contributed by atoms with Gasteiger partial charge in [-0.05, 0) is 50.8 Å². The van der Waals surface area contributed by atoms with Crippen LogP contribution in [0.2, 0.25) is 0 Å². The van der Waals surface area contributed by atoms with Gasteiger partial charge >= 0.3 is 0 Å². The predicted octanol–water partition coefficient (Wildman–Crippen LogP) is 5.47. The number of halogens is 1. The van der Waals surface area contributed by atoms with E-state index in [2.05, 4.69) is 0 Å². The molecular formula is C24H27FN2O3S. The molecule has 7 heteroatoms. The number of rotatable bonds is 6. The lowest BCUT2D eigenvalue weighted by Crippen LogP contribution is -2.38. The summed E-state index contributed by atoms with van der Waals surface area (Å²) in [6, 6.07) is 7.88. The highest BCUT2D eigenvalue weighted by Crippen LogP contribution is 2.46. The number of carbonyl (C=O) groups excluding carboxylic acids is 1. The number of hydrogen-bond acceptors (Lipinski definition) is 4. The lowest BCUT2D eigenvalue weighted by molar-refractivity contribution is 0.0705. The summed E-state index contributed by atoms with van der Waals surface area (Å²) in [7, 11) is 2.94. The Morgan fingerprint density at radius 3 is 2.61 bits per heavy atom. The van der Waals surface area contributed by atoms with Gasteiger partial charge in [-0.3, -0.25) is 4.79 Å². The molecule has 1 aliphatic rings. The summed E-state index contributed by atoms with van der Waals surface area (Å²) in [5.74, 6) is 0.0561. The topological polar surface area (TPSA) is 43.7 Å². The molecule has 0 radical (unpaired) electrons. The Morgan fingerprint density at radius 2 is 2.03 bits per heavy atom. The minimum Gasteiger partial charge on any atom is -0.493 e. The molecule has 0 saturated heterocycles. The molecule has 0 aliphatic carbocycles. The molecule has 5 nitrogen and oxygen atoms in total. The smallest absolute Gasteiger partial charge is 0.270 e. The number of aromatic nitrogens is 1. The molecule has 0 spiro atoms. The second kappa shape index (κ2) is 8.38. The molecule has 3 heterocycles. The zero-order chi connectivity index (χ0) is 22.3. The number of amides is 1. The first kappa shape index (κ1) is 21.4. The molecule has 2 aromatic heterocycles. The van der Waals surface area contributed by atoms with Crippen molar-refractivity contribution < 1.29 is 18.7 Å². The van der Waals surface area contributed by atoms with Crippen LogP contribution in [0.1, 0.15) is 36.8 Å². The maximum Gasteiger partial charge on any atom is 0.270 e. The summed E-state index contributed by atoms with van der Waals surface area (Å²) >= 11 is 1.60. The number of nitrogens with zero attached hydrogens (tertiary/aromatic N) is 2. The van der Waals surface area contributed by atoms with Crippen molar-refractivity contribution in [1.82, 2.24) is 9.47 Å². The fourth-order valence-electron chi connectivity index (χ4n) is 4.43. The number of carbonyl (C=O) groups is 1. The molecule has 31 heavy (non-hydrogen) atoms. The Kier molecular flexibility index (Phi) is 5.79. The third-order valence-corrected chi connectivity index (χ3v) is 6.78. The van der Waals surface area contributed by atoms with Crippen molar-refractivity contribution in [3.63, 3.8) is 0 Å². The van der Waals surface area contributed by atoms with Gasteiger partial charge in [-0.15, -0.1) is 11.3 Å². The van der Waals surface area contributed by atoms with E-state index in [0.717, 1.165) is 21.7 Å². The van der Waals surface area contributed by atoms with E-state index in [-0.39, 0.29) is 17.7 Å². The fraction of sp³-hybridized carbons (Fsp3) is 0.375. The minimum absolute atomic E-state index is 0.00838. The molecule has 1 amide bonds. The third-order valence-electron chi connectivity index (χ3n) is 5.88. The van der Waals surface area contributed by atoms with Crippen LogP contribution in [0.4, 0.5) is 4.39 Å². The molecule has 164 valence electrons. The van der Waals surface area contributed by atoms with Gasteiger partial charge in [-0.2, -0.15) is 0 Å². The fourth-order valence-corrected chi connectivity index (χ4v) is 5.17. The van der Waals surface area contributed by atoms with Gasteiger partial charge in [0, 0.05) is 40.7 Å². The highest BCUT2D eigenvalue weighted by atomic mass is 32.1. The summed E-state index contributed by atoms with van der Waals surface area (Å²) in [6.07, 6.45) is 0.473. The van der Waals surface area contributed by atoms with Crippen LogP contribution >= 0.6 is 11.3 Å². The molecule has 0 unspecified atom stereocenters. The van der Waals surface area contributed by atoms with E-state index >= 15 is 4.39 Å². The van der Waals surface area contributed by atoms with Crippen LogP contribution in [-0.4, -0.2) is 42.2 Å². The average molecular weight is 443 g/mol. The summed E-state index contributed by atoms with van der Waals surface area (Å²) in [4.78, 5) is 16.4. The van der Waals surface area contributed by atoms with Crippen molar-refractivity contribution in [2.45, 2.75) is 39.8 Å². The van der Waals surface area contributed by atoms with E-state index < -0.39 is 5.82 Å². The SMILES string of the molecule is CCN(C(=O)c1cc(-c2cccs2)c2n1CCc1c-2cc(OC)c(OC)c1F)C(C)C. The molecule has 0 fully saturated rings. The largest absolute Gasteiger partial charge is 0.493 e. The van der Waals surface area contributed by atoms with Crippen LogP contribution in [0.15, 0.2) is 29.6 Å². The molecule has 3 aromatic rings. The molecule has 4 rings (SSSR count). The lowest BCUT2D eigenvalue weighted by atomic mass is 9.94. The normalized spacial score (nSPS) is 12.5. The number of benzene rings is 1. The van der Waals surface area contributed by atoms with Gasteiger partial charge in [0.15, 0.2) is 17.3 Å². The van der Waals surface area contributed by atoms with E-state index in [1.807, 2.05) is 59.9 Å². The van der Waals surface area contributed by atoms with E-state index in [9.17, 15) is 4.79 Å². The number of hydrogen-bond donors (Lipinski definition) is 0. The highest BCUT2D eigenvalue weighted by Gasteiger charge is 2.32. The third kappa shape index (κ3) is 3.41. The van der Waals surface area contributed by atoms with Crippen LogP contribution in [0.3, 0.4) is 0 Å². The van der Waals surface area contributed by atoms with Crippen LogP contribution in [-0.2, 0) is 13.0 Å². The van der Waals surface area contributed by atoms with Gasteiger partial charge in [0.1, 0.15) is 5.69 Å². The Bertz CT molecular complexity index is 1120. The standard InChI is InChI=1S/C24H27FN2O3S/c1-6-26(14(2)3)24(28)18-12-17(20-8-7-11-31-20)22-16-13-19(29-4)23(30-5)21(25)15(16)9-10-27(18)22/h7-8,11-14H,6,9-10H2,1-5H3. The van der Waals surface area contributed by atoms with Gasteiger partial charge in [0.2, 0.25) is 0 Å². The van der Waals surface area contributed by atoms with Gasteiger partial charge in [0.05, 0.1) is 19.9 Å². The summed E-state index contributed by atoms with van der Waals surface area (Å²) in [5.41, 5.74) is 3.76. The van der Waals surface area contributed by atoms with E-state index in [1.54, 1.807) is 11.3 Å². The monoisotopic (exact) mass is 442 g/mol. The molecule has 0 bridgehead atoms. The molecule has 1 aliphatic heterocycles. The van der Waals surface area contributed by atoms with Crippen molar-refractivity contribution >= 4 is 17.2 Å². The second-order valence-electron chi connectivity index (χ2n) is 7.81. The lowest BCUT2D eigenvalue weighted by Gasteiger charge is -2.28. The van der Waals surface area contributed by atoms with Gasteiger partial charge in [0.25, 0.3) is 5.91 Å². The van der Waals surface area contributed by atoms with Crippen molar-refractivity contribution in [1.29, 1.82) is 0 Å². The first-order chi connectivity index (χ1) is 14.9. The molecule has 0 saturated carbocycles. The Labute approximate surface area is 186 Å². The first-order valence-electron chi connectivity index (χ1n) is 10.4. The summed E-state index contributed by atoms with van der Waals surface area (Å²) in [5, 5.41) is 2.01. The van der Waals surface area contributed by atoms with Crippen LogP contribution in [0, 0.1) is 5.82 Å². The van der Waals surface area contributed by atoms with E-state index in [0.29, 0.717) is 36.5 Å². The van der Waals surface area contributed by atoms with Crippen molar-refractivity contribution in [3.05, 3.63) is 46.7 Å². The molecule has 0 N–H and O–H groups in total. The average Bonchev–Trinajstić information content (AvgIpc) is 3.41. The van der Waals surface area contributed by atoms with Gasteiger partial charge < -0.3 is 18.9 Å². The number of methoxy groups -OCH3 is 2. The zero-order valence-corrected chi connectivity index (χ0v) is 19.3. The van der Waals surface area contributed by atoms with Crippen molar-refractivity contribution in [3.8, 4) is 33.2 Å². The van der Waals surface area contributed by atoms with E-state index in [4.69, 9.17) is 9.47 Å². The van der Waals surface area contributed by atoms with Gasteiger partial charge in [-0.1, -0.05) is 6.07 Å². The maximum atomic E-state index is 15.3. The minimum atomic E-state index is -0.397. The Balaban J connectivity index is 1.99. The number of ether oxygens (including phenoxy) is 2. The van der Waals surface area contributed by atoms with Crippen molar-refractivity contribution in [2.24, 2.45) is 0 Å². The molecule has 1 aromatic carbocycles. The van der Waals surface area contributed by atoms with E-state index in [1.165, 1.54) is 14.2 Å². The predicted molar refractivity (Wildman–Crippen MR) is 122 cm³/mol. The molecule has 0 atom stereocenters. The van der Waals surface area contributed by atoms with Crippen LogP contribution in [0.5, 0.6) is 11.5 Å². The Hall–Kier alpha value is -2.80. The summed E-state index contributed by atoms with van der Waals surface area (Å²) < 4.78 is 28.1. The quantitative estimate of drug-likeness (QED) is 0.509. The van der Waals surface area contributed by atoms with Crippen LogP contribution < -0.4 is 9.47 Å². The molecular weight excluding hydrogens is 415 g/mol. The second-order valence-corrected chi connectivity index (χ2v) is 8.76. The summed E-state index contributed by atoms with van der Waals surface area (Å²) in [6.45, 7) is 7.17. The van der Waals surface area contributed by atoms with Crippen LogP contribution in [0.25, 0.3) is 21.7 Å². The Morgan fingerprint density at radius 1 is 1.26 bits per heavy atom. The first-order valence-corrected chi connectivity index (χ1v) is 11.3. The number of fused-ring (bicyclic) bond motifs is 3. The van der Waals surface area contributed by atoms with Crippen molar-refractivity contribution in [2.75, 3.05) is 20.8 Å². The number of thiophene rings is 1. The zero-order valence-electron chi connectivity index (χ0n) is 18.5. The van der Waals surface area contributed by atoms with Gasteiger partial charge in [-0.25, -0.2) is 4.39 Å².